The molecular formula is C19H18F7NO6. The van der Waals surface area contributed by atoms with Gasteiger partial charge in [-0.2, -0.15) is 22.0 Å². The van der Waals surface area contributed by atoms with Crippen molar-refractivity contribution in [2.24, 2.45) is 11.8 Å². The van der Waals surface area contributed by atoms with E-state index in [2.05, 4.69) is 14.8 Å². The van der Waals surface area contributed by atoms with Crippen LogP contribution in [0.1, 0.15) is 12.8 Å². The van der Waals surface area contributed by atoms with Crippen molar-refractivity contribution in [2.75, 3.05) is 18.5 Å². The molecule has 2 aliphatic rings. The molecule has 14 heteroatoms. The van der Waals surface area contributed by atoms with Crippen molar-refractivity contribution in [3.8, 4) is 11.5 Å². The second-order valence-electron chi connectivity index (χ2n) is 7.62. The first-order valence-corrected chi connectivity index (χ1v) is 9.59. The Morgan fingerprint density at radius 1 is 1.00 bits per heavy atom. The van der Waals surface area contributed by atoms with E-state index in [1.165, 1.54) is 0 Å². The van der Waals surface area contributed by atoms with E-state index in [1.54, 1.807) is 0 Å². The monoisotopic (exact) mass is 489 g/mol. The summed E-state index contributed by atoms with van der Waals surface area (Å²) >= 11 is 0. The average molecular weight is 489 g/mol. The Hall–Kier alpha value is -2.77. The first-order chi connectivity index (χ1) is 15.3. The fourth-order valence-corrected chi connectivity index (χ4v) is 3.77. The number of benzene rings is 1. The third-order valence-electron chi connectivity index (χ3n) is 5.16. The van der Waals surface area contributed by atoms with Crippen molar-refractivity contribution in [1.29, 1.82) is 0 Å². The number of aliphatic carboxylic acids is 1. The number of carboxylic acid groups (broad SMARTS) is 1. The van der Waals surface area contributed by atoms with Crippen LogP contribution in [-0.4, -0.2) is 60.9 Å². The van der Waals surface area contributed by atoms with E-state index in [4.69, 9.17) is 4.74 Å². The summed E-state index contributed by atoms with van der Waals surface area (Å²) in [4.78, 5) is 24.3. The van der Waals surface area contributed by atoms with Crippen LogP contribution < -0.4 is 14.8 Å². The molecule has 0 aromatic heterocycles. The Balaban J connectivity index is 1.80. The van der Waals surface area contributed by atoms with Crippen LogP contribution in [0.2, 0.25) is 0 Å². The molecule has 33 heavy (non-hydrogen) atoms. The van der Waals surface area contributed by atoms with Crippen LogP contribution in [0.15, 0.2) is 18.2 Å². The van der Waals surface area contributed by atoms with Gasteiger partial charge in [0.15, 0.2) is 13.2 Å². The van der Waals surface area contributed by atoms with Gasteiger partial charge in [0.25, 0.3) is 0 Å². The van der Waals surface area contributed by atoms with Crippen LogP contribution in [0.4, 0.5) is 36.4 Å². The zero-order valence-corrected chi connectivity index (χ0v) is 16.6. The van der Waals surface area contributed by atoms with Gasteiger partial charge in [-0.3, -0.25) is 9.59 Å². The lowest BCUT2D eigenvalue weighted by atomic mass is 9.78. The summed E-state index contributed by atoms with van der Waals surface area (Å²) in [5.74, 6) is -10.0. The molecule has 0 aliphatic carbocycles. The lowest BCUT2D eigenvalue weighted by molar-refractivity contribution is -0.153. The Labute approximate surface area is 181 Å². The molecule has 0 spiro atoms. The minimum absolute atomic E-state index is 0.276. The predicted octanol–water partition coefficient (Wildman–Crippen LogP) is 3.72. The Morgan fingerprint density at radius 3 is 2.06 bits per heavy atom. The number of nitrogens with one attached hydrogen (secondary N) is 1. The number of hydrogen-bond acceptors (Lipinski definition) is 5. The molecule has 2 N–H and O–H groups in total. The van der Waals surface area contributed by atoms with Crippen LogP contribution in [0.5, 0.6) is 11.5 Å². The van der Waals surface area contributed by atoms with Crippen LogP contribution in [0.3, 0.4) is 0 Å². The molecule has 184 valence electrons. The second kappa shape index (κ2) is 9.23. The predicted molar refractivity (Wildman–Crippen MR) is 95.6 cm³/mol. The minimum Gasteiger partial charge on any atom is -0.487 e. The van der Waals surface area contributed by atoms with Gasteiger partial charge < -0.3 is 24.6 Å². The van der Waals surface area contributed by atoms with Gasteiger partial charge in [-0.15, -0.1) is 0 Å². The Bertz CT molecular complexity index is 894. The highest BCUT2D eigenvalue weighted by Crippen LogP contribution is 2.44. The van der Waals surface area contributed by atoms with Gasteiger partial charge in [0.05, 0.1) is 24.0 Å². The summed E-state index contributed by atoms with van der Waals surface area (Å²) in [6, 6.07) is 2.58. The van der Waals surface area contributed by atoms with Gasteiger partial charge in [-0.1, -0.05) is 0 Å². The SMILES string of the molecule is O=C(O)[C@@H]1[C@@H](C(=O)Nc2cc(OCC(F)(F)F)cc(OCC(F)(F)C(F)F)c2)[C@@H]2CC[C@@H]1O2. The van der Waals surface area contributed by atoms with Gasteiger partial charge in [-0.25, -0.2) is 8.78 Å². The maximum absolute atomic E-state index is 13.2. The topological polar surface area (TPSA) is 94.1 Å². The summed E-state index contributed by atoms with van der Waals surface area (Å²) in [5, 5.41) is 11.7. The number of carboxylic acids is 1. The van der Waals surface area contributed by atoms with Crippen molar-refractivity contribution >= 4 is 17.6 Å². The summed E-state index contributed by atoms with van der Waals surface area (Å²) in [6.45, 7) is -3.56. The van der Waals surface area contributed by atoms with E-state index in [-0.39, 0.29) is 5.69 Å². The smallest absolute Gasteiger partial charge is 0.422 e. The lowest BCUT2D eigenvalue weighted by Gasteiger charge is -2.24. The van der Waals surface area contributed by atoms with Crippen molar-refractivity contribution in [2.45, 2.75) is 43.6 Å². The maximum Gasteiger partial charge on any atom is 0.422 e. The van der Waals surface area contributed by atoms with E-state index in [1.807, 2.05) is 0 Å². The van der Waals surface area contributed by atoms with E-state index in [0.29, 0.717) is 12.8 Å². The fourth-order valence-electron chi connectivity index (χ4n) is 3.77. The number of halogens is 7. The highest BCUT2D eigenvalue weighted by Gasteiger charge is 2.55. The molecule has 2 fully saturated rings. The van der Waals surface area contributed by atoms with E-state index < -0.39 is 79.2 Å². The highest BCUT2D eigenvalue weighted by atomic mass is 19.4. The van der Waals surface area contributed by atoms with Crippen LogP contribution in [-0.2, 0) is 14.3 Å². The largest absolute Gasteiger partial charge is 0.487 e. The summed E-state index contributed by atoms with van der Waals surface area (Å²) in [6.07, 6.45) is -9.27. The number of alkyl halides is 7. The lowest BCUT2D eigenvalue weighted by Crippen LogP contribution is -2.40. The molecule has 2 heterocycles. The quantitative estimate of drug-likeness (QED) is 0.514. The number of amides is 1. The Morgan fingerprint density at radius 2 is 1.55 bits per heavy atom. The fraction of sp³-hybridized carbons (Fsp3) is 0.579. The molecule has 3 rings (SSSR count). The molecule has 0 unspecified atom stereocenters. The van der Waals surface area contributed by atoms with Crippen molar-refractivity contribution < 1.29 is 59.6 Å². The zero-order chi connectivity index (χ0) is 24.6. The van der Waals surface area contributed by atoms with Gasteiger partial charge in [0, 0.05) is 23.9 Å². The number of anilines is 1. The van der Waals surface area contributed by atoms with E-state index in [0.717, 1.165) is 18.2 Å². The molecule has 0 radical (unpaired) electrons. The molecule has 2 saturated heterocycles. The normalized spacial score (nSPS) is 24.7. The Kier molecular flexibility index (Phi) is 6.96. The summed E-state index contributed by atoms with van der Waals surface area (Å²) < 4.78 is 103. The molecule has 1 aromatic rings. The molecule has 0 saturated carbocycles. The molecule has 2 aliphatic heterocycles. The molecular weight excluding hydrogens is 471 g/mol. The number of carbonyl (C=O) groups is 2. The third kappa shape index (κ3) is 5.97. The van der Waals surface area contributed by atoms with Gasteiger partial charge in [0.1, 0.15) is 11.5 Å². The van der Waals surface area contributed by atoms with Crippen LogP contribution >= 0.6 is 0 Å². The average Bonchev–Trinajstić information content (AvgIpc) is 3.32. The van der Waals surface area contributed by atoms with Crippen molar-refractivity contribution in [3.63, 3.8) is 0 Å². The third-order valence-corrected chi connectivity index (χ3v) is 5.16. The highest BCUT2D eigenvalue weighted by molar-refractivity contribution is 5.96. The number of carbonyl (C=O) groups excluding carboxylic acids is 1. The number of hydrogen-bond donors (Lipinski definition) is 2. The maximum atomic E-state index is 13.2. The number of rotatable bonds is 9. The van der Waals surface area contributed by atoms with Crippen molar-refractivity contribution in [3.05, 3.63) is 18.2 Å². The molecule has 1 aromatic carbocycles. The van der Waals surface area contributed by atoms with Crippen LogP contribution in [0, 0.1) is 11.8 Å². The first kappa shape index (κ1) is 24.9. The van der Waals surface area contributed by atoms with E-state index in [9.17, 15) is 45.4 Å². The van der Waals surface area contributed by atoms with Crippen molar-refractivity contribution in [1.82, 2.24) is 0 Å². The minimum atomic E-state index is -4.75. The van der Waals surface area contributed by atoms with Gasteiger partial charge >= 0.3 is 24.5 Å². The summed E-state index contributed by atoms with van der Waals surface area (Å²) in [7, 11) is 0. The molecule has 1 amide bonds. The van der Waals surface area contributed by atoms with Gasteiger partial charge in [-0.05, 0) is 12.8 Å². The molecule has 4 atom stereocenters. The zero-order valence-electron chi connectivity index (χ0n) is 16.6. The summed E-state index contributed by atoms with van der Waals surface area (Å²) in [5.41, 5.74) is -0.276. The number of fused-ring (bicyclic) bond motifs is 2. The molecule has 7 nitrogen and oxygen atoms in total. The second-order valence-corrected chi connectivity index (χ2v) is 7.62. The molecule has 2 bridgehead atoms. The first-order valence-electron chi connectivity index (χ1n) is 9.59. The number of ether oxygens (including phenoxy) is 3. The van der Waals surface area contributed by atoms with E-state index >= 15 is 0 Å². The standard InChI is InChI=1S/C19H18F7NO6/c20-17(21)18(22,23)6-31-9-3-8(4-10(5-9)32-7-19(24,25)26)27-15(28)13-11-1-2-12(33-11)14(13)16(29)30/h3-5,11-14,17H,1-2,6-7H2,(H,27,28)(H,29,30)/t11-,12-,13-,14-/m0/s1. The van der Waals surface area contributed by atoms with Gasteiger partial charge in [0.2, 0.25) is 5.91 Å². The van der Waals surface area contributed by atoms with Crippen LogP contribution in [0.25, 0.3) is 0 Å².